The molecule has 0 unspecified atom stereocenters. The molecule has 3 heterocycles. The van der Waals surface area contributed by atoms with Gasteiger partial charge in [-0.15, -0.1) is 0 Å². The topological polar surface area (TPSA) is 56.0 Å². The number of benzene rings is 2. The van der Waals surface area contributed by atoms with Crippen LogP contribution in [0.1, 0.15) is 12.8 Å². The lowest BCUT2D eigenvalue weighted by atomic mass is 10.0. The zero-order valence-electron chi connectivity index (χ0n) is 19.6. The van der Waals surface area contributed by atoms with Crippen LogP contribution in [0.4, 0.5) is 17.1 Å². The van der Waals surface area contributed by atoms with Gasteiger partial charge >= 0.3 is 0 Å². The van der Waals surface area contributed by atoms with E-state index in [1.807, 2.05) is 6.20 Å². The van der Waals surface area contributed by atoms with Crippen molar-refractivity contribution >= 4 is 41.3 Å². The van der Waals surface area contributed by atoms with Gasteiger partial charge in [0.05, 0.1) is 5.69 Å². The molecule has 170 valence electrons. The summed E-state index contributed by atoms with van der Waals surface area (Å²) < 4.78 is 0. The van der Waals surface area contributed by atoms with Crippen LogP contribution in [0.2, 0.25) is 0 Å². The molecule has 0 bridgehead atoms. The number of aromatic amines is 1. The van der Waals surface area contributed by atoms with Crippen LogP contribution in [0.5, 0.6) is 0 Å². The molecule has 33 heavy (non-hydrogen) atoms. The quantitative estimate of drug-likeness (QED) is 0.318. The number of pyridine rings is 1. The van der Waals surface area contributed by atoms with Crippen LogP contribution in [0.15, 0.2) is 66.9 Å². The third kappa shape index (κ3) is 4.90. The van der Waals surface area contributed by atoms with E-state index in [2.05, 4.69) is 107 Å². The first-order valence-corrected chi connectivity index (χ1v) is 13.9. The number of rotatable bonds is 6. The van der Waals surface area contributed by atoms with Crippen molar-refractivity contribution in [1.29, 1.82) is 0 Å². The van der Waals surface area contributed by atoms with Crippen molar-refractivity contribution in [3.63, 3.8) is 0 Å². The molecule has 0 amide bonds. The summed E-state index contributed by atoms with van der Waals surface area (Å²) >= 11 is 0. The first-order valence-electron chi connectivity index (χ1n) is 11.6. The van der Waals surface area contributed by atoms with Crippen molar-refractivity contribution < 1.29 is 0 Å². The van der Waals surface area contributed by atoms with Gasteiger partial charge in [0.2, 0.25) is 0 Å². The average Bonchev–Trinajstić information content (AvgIpc) is 3.27. The van der Waals surface area contributed by atoms with Crippen LogP contribution in [0.3, 0.4) is 0 Å². The number of aromatic nitrogens is 2. The Morgan fingerprint density at radius 3 is 2.48 bits per heavy atom. The van der Waals surface area contributed by atoms with Crippen LogP contribution in [-0.2, 0) is 0 Å². The van der Waals surface area contributed by atoms with Crippen molar-refractivity contribution in [2.75, 3.05) is 44.1 Å². The van der Waals surface area contributed by atoms with Crippen molar-refractivity contribution in [1.82, 2.24) is 14.9 Å². The van der Waals surface area contributed by atoms with E-state index in [1.54, 1.807) is 0 Å². The molecule has 0 spiro atoms. The van der Waals surface area contributed by atoms with Gasteiger partial charge < -0.3 is 20.5 Å². The lowest BCUT2D eigenvalue weighted by Crippen LogP contribution is -2.36. The number of fused-ring (bicyclic) bond motifs is 1. The summed E-state index contributed by atoms with van der Waals surface area (Å²) in [7, 11) is 2.01. The number of likely N-dealkylation sites (tertiary alicyclic amines) is 1. The molecule has 1 aliphatic rings. The zero-order valence-corrected chi connectivity index (χ0v) is 20.5. The number of nitrogens with one attached hydrogen (secondary N) is 3. The second kappa shape index (κ2) is 9.54. The predicted octanol–water partition coefficient (Wildman–Crippen LogP) is 5.85. The van der Waals surface area contributed by atoms with Crippen LogP contribution >= 0.6 is 7.92 Å². The Hall–Kier alpha value is -2.88. The van der Waals surface area contributed by atoms with E-state index in [-0.39, 0.29) is 7.92 Å². The molecule has 0 saturated carbocycles. The Bertz CT molecular complexity index is 1220. The highest BCUT2D eigenvalue weighted by molar-refractivity contribution is 7.64. The molecule has 0 radical (unpaired) electrons. The second-order valence-electron chi connectivity index (χ2n) is 9.14. The number of piperidine rings is 1. The van der Waals surface area contributed by atoms with Crippen LogP contribution in [-0.4, -0.2) is 54.4 Å². The molecule has 1 saturated heterocycles. The first-order chi connectivity index (χ1) is 16.1. The fraction of sp³-hybridized carbons (Fsp3) is 0.296. The number of hydrogen-bond donors (Lipinski definition) is 3. The number of para-hydroxylation sites is 1. The Morgan fingerprint density at radius 1 is 0.970 bits per heavy atom. The third-order valence-electron chi connectivity index (χ3n) is 6.47. The van der Waals surface area contributed by atoms with Crippen LogP contribution < -0.4 is 15.9 Å². The summed E-state index contributed by atoms with van der Waals surface area (Å²) in [6.07, 6.45) is 4.26. The summed E-state index contributed by atoms with van der Waals surface area (Å²) in [5, 5.41) is 9.84. The molecule has 1 aliphatic heterocycles. The smallest absolute Gasteiger partial charge is 0.139 e. The Labute approximate surface area is 197 Å². The summed E-state index contributed by atoms with van der Waals surface area (Å²) in [6.45, 7) is 6.91. The van der Waals surface area contributed by atoms with Gasteiger partial charge in [0.25, 0.3) is 0 Å². The lowest BCUT2D eigenvalue weighted by molar-refractivity contribution is 0.264. The SMILES string of the molecule is CN1CCC(Nc2ccc(-c3cc4c(Nc5ccccc5P(C)C)ccnc4[nH]3)cc2)CC1. The molecule has 5 rings (SSSR count). The summed E-state index contributed by atoms with van der Waals surface area (Å²) in [5.74, 6) is 0. The summed E-state index contributed by atoms with van der Waals surface area (Å²) in [6, 6.07) is 22.2. The maximum atomic E-state index is 4.58. The van der Waals surface area contributed by atoms with E-state index in [9.17, 15) is 0 Å². The Balaban J connectivity index is 1.37. The Kier molecular flexibility index (Phi) is 6.34. The minimum atomic E-state index is -0.193. The summed E-state index contributed by atoms with van der Waals surface area (Å²) in [4.78, 5) is 10.5. The molecule has 4 aromatic rings. The van der Waals surface area contributed by atoms with E-state index in [4.69, 9.17) is 0 Å². The van der Waals surface area contributed by atoms with Crippen LogP contribution in [0.25, 0.3) is 22.3 Å². The first kappa shape index (κ1) is 21.9. The molecule has 1 fully saturated rings. The highest BCUT2D eigenvalue weighted by Crippen LogP contribution is 2.33. The number of H-pyrrole nitrogens is 1. The van der Waals surface area contributed by atoms with Gasteiger partial charge in [-0.3, -0.25) is 0 Å². The molecule has 0 aliphatic carbocycles. The van der Waals surface area contributed by atoms with Gasteiger partial charge in [-0.05, 0) is 87.5 Å². The van der Waals surface area contributed by atoms with Gasteiger partial charge in [0.15, 0.2) is 0 Å². The fourth-order valence-corrected chi connectivity index (χ4v) is 5.54. The van der Waals surface area contributed by atoms with E-state index < -0.39 is 0 Å². The lowest BCUT2D eigenvalue weighted by Gasteiger charge is -2.30. The molecular weight excluding hydrogens is 425 g/mol. The molecule has 5 nitrogen and oxygen atoms in total. The van der Waals surface area contributed by atoms with Crippen molar-refractivity contribution in [3.05, 3.63) is 66.9 Å². The van der Waals surface area contributed by atoms with Crippen molar-refractivity contribution in [3.8, 4) is 11.3 Å². The summed E-state index contributed by atoms with van der Waals surface area (Å²) in [5.41, 5.74) is 6.59. The van der Waals surface area contributed by atoms with E-state index in [1.165, 1.54) is 35.1 Å². The van der Waals surface area contributed by atoms with Gasteiger partial charge in [0.1, 0.15) is 5.65 Å². The van der Waals surface area contributed by atoms with Crippen molar-refractivity contribution in [2.24, 2.45) is 0 Å². The van der Waals surface area contributed by atoms with Gasteiger partial charge in [-0.2, -0.15) is 0 Å². The highest BCUT2D eigenvalue weighted by Gasteiger charge is 2.16. The van der Waals surface area contributed by atoms with Gasteiger partial charge in [0, 0.05) is 34.7 Å². The van der Waals surface area contributed by atoms with Gasteiger partial charge in [-0.25, -0.2) is 4.98 Å². The van der Waals surface area contributed by atoms with E-state index in [0.717, 1.165) is 35.5 Å². The van der Waals surface area contributed by atoms with Crippen LogP contribution in [0, 0.1) is 0 Å². The molecule has 2 aromatic heterocycles. The second-order valence-corrected chi connectivity index (χ2v) is 11.4. The monoisotopic (exact) mass is 457 g/mol. The highest BCUT2D eigenvalue weighted by atomic mass is 31.1. The standard InChI is InChI=1S/C27H32N5P/c1-32-16-13-21(14-17-32)29-20-10-8-19(9-11-20)25-18-22-23(12-15-28-27(22)31-25)30-24-6-4-5-7-26(24)33(2)3/h4-12,15,18,21,29H,13-14,16-17H2,1-3H3,(H2,28,30,31). The molecule has 2 aromatic carbocycles. The predicted molar refractivity (Wildman–Crippen MR) is 144 cm³/mol. The minimum absolute atomic E-state index is 0.193. The maximum absolute atomic E-state index is 4.58. The minimum Gasteiger partial charge on any atom is -0.382 e. The van der Waals surface area contributed by atoms with Crippen molar-refractivity contribution in [2.45, 2.75) is 18.9 Å². The van der Waals surface area contributed by atoms with E-state index in [0.29, 0.717) is 6.04 Å². The van der Waals surface area contributed by atoms with Gasteiger partial charge in [-0.1, -0.05) is 38.3 Å². The molecular formula is C27H32N5P. The third-order valence-corrected chi connectivity index (χ3v) is 7.83. The molecule has 3 N–H and O–H groups in total. The number of nitrogens with zero attached hydrogens (tertiary/aromatic N) is 2. The largest absolute Gasteiger partial charge is 0.382 e. The number of anilines is 3. The zero-order chi connectivity index (χ0) is 22.8. The molecule has 0 atom stereocenters. The normalized spacial score (nSPS) is 15.3. The average molecular weight is 458 g/mol. The fourth-order valence-electron chi connectivity index (χ4n) is 4.54. The maximum Gasteiger partial charge on any atom is 0.139 e. The molecule has 6 heteroatoms. The van der Waals surface area contributed by atoms with E-state index >= 15 is 0 Å². The number of hydrogen-bond acceptors (Lipinski definition) is 4. The Morgan fingerprint density at radius 2 is 1.73 bits per heavy atom.